The van der Waals surface area contributed by atoms with E-state index in [0.29, 0.717) is 12.4 Å². The molecule has 1 saturated heterocycles. The fourth-order valence-corrected chi connectivity index (χ4v) is 2.40. The topological polar surface area (TPSA) is 70.2 Å². The second kappa shape index (κ2) is 7.81. The molecule has 1 aromatic heterocycles. The molecule has 1 amide bonds. The average molecular weight is 291 g/mol. The number of anilines is 2. The van der Waals surface area contributed by atoms with Gasteiger partial charge in [-0.2, -0.15) is 4.98 Å². The Hall–Kier alpha value is -1.85. The highest BCUT2D eigenvalue weighted by Gasteiger charge is 2.18. The van der Waals surface area contributed by atoms with Crippen LogP contribution >= 0.6 is 0 Å². The smallest absolute Gasteiger partial charge is 0.224 e. The number of rotatable bonds is 8. The average Bonchev–Trinajstić information content (AvgIpc) is 2.86. The van der Waals surface area contributed by atoms with Crippen molar-refractivity contribution in [2.75, 3.05) is 36.8 Å². The second-order valence-electron chi connectivity index (χ2n) is 5.41. The Balaban J connectivity index is 1.76. The maximum absolute atomic E-state index is 11.5. The van der Waals surface area contributed by atoms with E-state index in [9.17, 15) is 4.79 Å². The van der Waals surface area contributed by atoms with Crippen molar-refractivity contribution in [3.8, 4) is 0 Å². The lowest BCUT2D eigenvalue weighted by atomic mass is 10.4. The van der Waals surface area contributed by atoms with Crippen molar-refractivity contribution < 1.29 is 4.79 Å². The van der Waals surface area contributed by atoms with E-state index >= 15 is 0 Å². The largest absolute Gasteiger partial charge is 0.370 e. The van der Waals surface area contributed by atoms with Crippen LogP contribution in [0, 0.1) is 6.92 Å². The molecular formula is C15H25N5O. The van der Waals surface area contributed by atoms with Crippen molar-refractivity contribution in [1.82, 2.24) is 14.9 Å². The number of carbonyl (C=O) groups excluding carboxylic acids is 1. The standard InChI is InChI=1S/C15H25N5O/c1-3-7-16-13-11-12(2)18-15(19-13)17-8-5-10-20-9-4-6-14(20)21/h11H,3-10H2,1-2H3,(H2,16,17,18,19). The summed E-state index contributed by atoms with van der Waals surface area (Å²) in [7, 11) is 0. The molecule has 0 aromatic carbocycles. The predicted octanol–water partition coefficient (Wildman–Crippen LogP) is 2.03. The molecule has 6 nitrogen and oxygen atoms in total. The summed E-state index contributed by atoms with van der Waals surface area (Å²) in [6.07, 6.45) is 3.69. The number of nitrogens with one attached hydrogen (secondary N) is 2. The molecule has 0 radical (unpaired) electrons. The predicted molar refractivity (Wildman–Crippen MR) is 84.5 cm³/mol. The summed E-state index contributed by atoms with van der Waals surface area (Å²) in [5.41, 5.74) is 0.945. The zero-order valence-electron chi connectivity index (χ0n) is 13.0. The van der Waals surface area contributed by atoms with Crippen LogP contribution in [0.2, 0.25) is 0 Å². The van der Waals surface area contributed by atoms with Gasteiger partial charge in [-0.1, -0.05) is 6.92 Å². The fraction of sp³-hybridized carbons (Fsp3) is 0.667. The first-order valence-corrected chi connectivity index (χ1v) is 7.80. The van der Waals surface area contributed by atoms with E-state index in [-0.39, 0.29) is 5.91 Å². The van der Waals surface area contributed by atoms with E-state index in [4.69, 9.17) is 0 Å². The van der Waals surface area contributed by atoms with E-state index in [1.807, 2.05) is 17.9 Å². The maximum Gasteiger partial charge on any atom is 0.224 e. The molecule has 0 unspecified atom stereocenters. The van der Waals surface area contributed by atoms with Gasteiger partial charge < -0.3 is 15.5 Å². The number of carbonyl (C=O) groups is 1. The molecule has 0 atom stereocenters. The molecule has 6 heteroatoms. The number of hydrogen-bond acceptors (Lipinski definition) is 5. The Bertz CT molecular complexity index is 477. The van der Waals surface area contributed by atoms with Crippen LogP contribution in [-0.4, -0.2) is 47.0 Å². The maximum atomic E-state index is 11.5. The Morgan fingerprint density at radius 3 is 2.86 bits per heavy atom. The van der Waals surface area contributed by atoms with Gasteiger partial charge >= 0.3 is 0 Å². The quantitative estimate of drug-likeness (QED) is 0.717. The number of likely N-dealkylation sites (tertiary alicyclic amines) is 1. The zero-order valence-corrected chi connectivity index (χ0v) is 13.0. The monoisotopic (exact) mass is 291 g/mol. The van der Waals surface area contributed by atoms with Gasteiger partial charge in [-0.3, -0.25) is 4.79 Å². The van der Waals surface area contributed by atoms with Crippen molar-refractivity contribution in [3.05, 3.63) is 11.8 Å². The normalized spacial score (nSPS) is 14.6. The molecule has 0 aliphatic carbocycles. The van der Waals surface area contributed by atoms with Crippen LogP contribution in [0.25, 0.3) is 0 Å². The van der Waals surface area contributed by atoms with Crippen molar-refractivity contribution in [3.63, 3.8) is 0 Å². The van der Waals surface area contributed by atoms with Gasteiger partial charge in [-0.25, -0.2) is 4.98 Å². The van der Waals surface area contributed by atoms with Crippen molar-refractivity contribution in [2.24, 2.45) is 0 Å². The molecule has 0 saturated carbocycles. The first-order chi connectivity index (χ1) is 10.2. The van der Waals surface area contributed by atoms with Crippen molar-refractivity contribution in [2.45, 2.75) is 39.5 Å². The summed E-state index contributed by atoms with van der Waals surface area (Å²) < 4.78 is 0. The summed E-state index contributed by atoms with van der Waals surface area (Å²) in [5.74, 6) is 1.80. The number of aromatic nitrogens is 2. The Morgan fingerprint density at radius 1 is 1.29 bits per heavy atom. The van der Waals surface area contributed by atoms with Crippen LogP contribution in [0.5, 0.6) is 0 Å². The van der Waals surface area contributed by atoms with Crippen LogP contribution in [0.15, 0.2) is 6.07 Å². The summed E-state index contributed by atoms with van der Waals surface area (Å²) in [6.45, 7) is 7.50. The van der Waals surface area contributed by atoms with Crippen molar-refractivity contribution in [1.29, 1.82) is 0 Å². The highest BCUT2D eigenvalue weighted by molar-refractivity contribution is 5.77. The first kappa shape index (κ1) is 15.5. The Labute approximate surface area is 126 Å². The molecule has 1 aliphatic heterocycles. The van der Waals surface area contributed by atoms with Gasteiger partial charge in [0.25, 0.3) is 0 Å². The number of nitrogens with zero attached hydrogens (tertiary/aromatic N) is 3. The highest BCUT2D eigenvalue weighted by Crippen LogP contribution is 2.11. The van der Waals surface area contributed by atoms with Crippen LogP contribution in [0.1, 0.15) is 38.3 Å². The molecule has 21 heavy (non-hydrogen) atoms. The lowest BCUT2D eigenvalue weighted by Crippen LogP contribution is -2.27. The summed E-state index contributed by atoms with van der Waals surface area (Å²) >= 11 is 0. The van der Waals surface area contributed by atoms with Gasteiger partial charge in [0.1, 0.15) is 5.82 Å². The fourth-order valence-electron chi connectivity index (χ4n) is 2.40. The van der Waals surface area contributed by atoms with E-state index < -0.39 is 0 Å². The highest BCUT2D eigenvalue weighted by atomic mass is 16.2. The van der Waals surface area contributed by atoms with Crippen LogP contribution in [0.3, 0.4) is 0 Å². The molecule has 0 spiro atoms. The summed E-state index contributed by atoms with van der Waals surface area (Å²) in [5, 5.41) is 6.51. The lowest BCUT2D eigenvalue weighted by molar-refractivity contribution is -0.127. The lowest BCUT2D eigenvalue weighted by Gasteiger charge is -2.15. The van der Waals surface area contributed by atoms with Crippen LogP contribution in [-0.2, 0) is 4.79 Å². The van der Waals surface area contributed by atoms with Gasteiger partial charge in [0, 0.05) is 44.4 Å². The minimum atomic E-state index is 0.285. The molecule has 2 N–H and O–H groups in total. The van der Waals surface area contributed by atoms with Gasteiger partial charge in [-0.15, -0.1) is 0 Å². The zero-order chi connectivity index (χ0) is 15.1. The number of hydrogen-bond donors (Lipinski definition) is 2. The van der Waals surface area contributed by atoms with Gasteiger partial charge in [-0.05, 0) is 26.2 Å². The molecular weight excluding hydrogens is 266 g/mol. The van der Waals surface area contributed by atoms with Gasteiger partial charge in [0.2, 0.25) is 11.9 Å². The van der Waals surface area contributed by atoms with Crippen LogP contribution in [0.4, 0.5) is 11.8 Å². The molecule has 2 heterocycles. The third-order valence-corrected chi connectivity index (χ3v) is 3.47. The minimum absolute atomic E-state index is 0.285. The van der Waals surface area contributed by atoms with Crippen LogP contribution < -0.4 is 10.6 Å². The number of amides is 1. The van der Waals surface area contributed by atoms with Gasteiger partial charge in [0.15, 0.2) is 0 Å². The van der Waals surface area contributed by atoms with E-state index in [0.717, 1.165) is 57.0 Å². The third kappa shape index (κ3) is 4.88. The molecule has 1 aliphatic rings. The third-order valence-electron chi connectivity index (χ3n) is 3.47. The SMILES string of the molecule is CCCNc1cc(C)nc(NCCCN2CCCC2=O)n1. The first-order valence-electron chi connectivity index (χ1n) is 7.80. The van der Waals surface area contributed by atoms with E-state index in [1.54, 1.807) is 0 Å². The molecule has 116 valence electrons. The second-order valence-corrected chi connectivity index (χ2v) is 5.41. The Kier molecular flexibility index (Phi) is 5.78. The van der Waals surface area contributed by atoms with E-state index in [2.05, 4.69) is 27.5 Å². The van der Waals surface area contributed by atoms with E-state index in [1.165, 1.54) is 0 Å². The summed E-state index contributed by atoms with van der Waals surface area (Å²) in [4.78, 5) is 22.3. The summed E-state index contributed by atoms with van der Waals surface area (Å²) in [6, 6.07) is 1.95. The Morgan fingerprint density at radius 2 is 2.14 bits per heavy atom. The number of aryl methyl sites for hydroxylation is 1. The molecule has 1 aromatic rings. The molecule has 0 bridgehead atoms. The molecule has 1 fully saturated rings. The minimum Gasteiger partial charge on any atom is -0.370 e. The molecule has 2 rings (SSSR count). The van der Waals surface area contributed by atoms with Gasteiger partial charge in [0.05, 0.1) is 0 Å². The van der Waals surface area contributed by atoms with Crippen molar-refractivity contribution >= 4 is 17.7 Å².